The van der Waals surface area contributed by atoms with E-state index in [0.29, 0.717) is 6.54 Å². The van der Waals surface area contributed by atoms with Crippen molar-refractivity contribution in [3.05, 3.63) is 35.4 Å². The molecule has 3 nitrogen and oxygen atoms in total. The lowest BCUT2D eigenvalue weighted by Crippen LogP contribution is -2.35. The fourth-order valence-electron chi connectivity index (χ4n) is 2.80. The van der Waals surface area contributed by atoms with Gasteiger partial charge in [0.2, 0.25) is 5.91 Å². The van der Waals surface area contributed by atoms with Crippen LogP contribution >= 0.6 is 0 Å². The molecule has 1 saturated carbocycles. The van der Waals surface area contributed by atoms with E-state index in [4.69, 9.17) is 0 Å². The van der Waals surface area contributed by atoms with Crippen molar-refractivity contribution in [1.29, 1.82) is 0 Å². The Morgan fingerprint density at radius 1 is 1.32 bits per heavy atom. The molecule has 0 radical (unpaired) electrons. The summed E-state index contributed by atoms with van der Waals surface area (Å²) in [6, 6.07) is 8.27. The van der Waals surface area contributed by atoms with Gasteiger partial charge < -0.3 is 10.0 Å². The lowest BCUT2D eigenvalue weighted by atomic mass is 9.86. The molecule has 19 heavy (non-hydrogen) atoms. The van der Waals surface area contributed by atoms with Crippen molar-refractivity contribution in [2.45, 2.75) is 45.3 Å². The third kappa shape index (κ3) is 3.80. The summed E-state index contributed by atoms with van der Waals surface area (Å²) < 4.78 is 0. The molecule has 1 aromatic carbocycles. The Bertz CT molecular complexity index is 436. The van der Waals surface area contributed by atoms with Crippen LogP contribution < -0.4 is 0 Å². The molecule has 0 aliphatic heterocycles. The molecule has 0 spiro atoms. The number of benzene rings is 1. The minimum absolute atomic E-state index is 0.0956. The first-order chi connectivity index (χ1) is 9.06. The maximum absolute atomic E-state index is 12.3. The van der Waals surface area contributed by atoms with Gasteiger partial charge in [-0.05, 0) is 38.2 Å². The van der Waals surface area contributed by atoms with Crippen LogP contribution in [-0.2, 0) is 11.3 Å². The number of carbonyl (C=O) groups excluding carboxylic acids is 1. The fourth-order valence-corrected chi connectivity index (χ4v) is 2.80. The van der Waals surface area contributed by atoms with Crippen LogP contribution in [0.5, 0.6) is 0 Å². The zero-order chi connectivity index (χ0) is 13.8. The molecule has 2 rings (SSSR count). The minimum Gasteiger partial charge on any atom is -0.393 e. The summed E-state index contributed by atoms with van der Waals surface area (Å²) in [5, 5.41) is 9.49. The van der Waals surface area contributed by atoms with Gasteiger partial charge in [-0.2, -0.15) is 0 Å². The SMILES string of the molecule is Cc1cccc(CN(C)C(=O)C2CCC(O)CC2)c1. The van der Waals surface area contributed by atoms with Crippen molar-refractivity contribution in [2.24, 2.45) is 5.92 Å². The molecular weight excluding hydrogens is 238 g/mol. The van der Waals surface area contributed by atoms with Gasteiger partial charge in [-0.1, -0.05) is 29.8 Å². The highest BCUT2D eigenvalue weighted by molar-refractivity contribution is 5.78. The number of hydrogen-bond donors (Lipinski definition) is 1. The zero-order valence-corrected chi connectivity index (χ0v) is 11.8. The Morgan fingerprint density at radius 2 is 2.00 bits per heavy atom. The maximum Gasteiger partial charge on any atom is 0.225 e. The van der Waals surface area contributed by atoms with Gasteiger partial charge in [0, 0.05) is 19.5 Å². The molecule has 1 fully saturated rings. The minimum atomic E-state index is -0.203. The van der Waals surface area contributed by atoms with Crippen LogP contribution in [0.25, 0.3) is 0 Å². The van der Waals surface area contributed by atoms with Crippen molar-refractivity contribution in [3.8, 4) is 0 Å². The number of carbonyl (C=O) groups is 1. The molecule has 0 heterocycles. The number of aliphatic hydroxyl groups excluding tert-OH is 1. The second kappa shape index (κ2) is 6.20. The lowest BCUT2D eigenvalue weighted by Gasteiger charge is -2.28. The number of rotatable bonds is 3. The van der Waals surface area contributed by atoms with E-state index in [-0.39, 0.29) is 17.9 Å². The van der Waals surface area contributed by atoms with Gasteiger partial charge in [0.15, 0.2) is 0 Å². The predicted octanol–water partition coefficient (Wildman–Crippen LogP) is 2.50. The Morgan fingerprint density at radius 3 is 2.63 bits per heavy atom. The summed E-state index contributed by atoms with van der Waals surface area (Å²) in [7, 11) is 1.87. The molecule has 1 aliphatic rings. The summed E-state index contributed by atoms with van der Waals surface area (Å²) in [4.78, 5) is 14.2. The monoisotopic (exact) mass is 261 g/mol. The highest BCUT2D eigenvalue weighted by atomic mass is 16.3. The number of hydrogen-bond acceptors (Lipinski definition) is 2. The third-order valence-corrected chi connectivity index (χ3v) is 3.92. The molecule has 1 aromatic rings. The van der Waals surface area contributed by atoms with Crippen LogP contribution in [0.15, 0.2) is 24.3 Å². The molecule has 0 aromatic heterocycles. The van der Waals surface area contributed by atoms with E-state index < -0.39 is 0 Å². The van der Waals surface area contributed by atoms with Gasteiger partial charge in [-0.25, -0.2) is 0 Å². The highest BCUT2D eigenvalue weighted by Crippen LogP contribution is 2.26. The Kier molecular flexibility index (Phi) is 4.59. The molecule has 1 amide bonds. The second-order valence-corrected chi connectivity index (χ2v) is 5.69. The van der Waals surface area contributed by atoms with E-state index in [1.165, 1.54) is 11.1 Å². The van der Waals surface area contributed by atoms with E-state index in [9.17, 15) is 9.90 Å². The average molecular weight is 261 g/mol. The Balaban J connectivity index is 1.92. The van der Waals surface area contributed by atoms with Gasteiger partial charge in [0.05, 0.1) is 6.10 Å². The maximum atomic E-state index is 12.3. The fraction of sp³-hybridized carbons (Fsp3) is 0.562. The van der Waals surface area contributed by atoms with Crippen molar-refractivity contribution >= 4 is 5.91 Å². The molecule has 0 bridgehead atoms. The predicted molar refractivity (Wildman–Crippen MR) is 75.6 cm³/mol. The zero-order valence-electron chi connectivity index (χ0n) is 11.8. The van der Waals surface area contributed by atoms with Crippen molar-refractivity contribution in [1.82, 2.24) is 4.90 Å². The molecule has 104 valence electrons. The quantitative estimate of drug-likeness (QED) is 0.908. The molecular formula is C16H23NO2. The Labute approximate surface area is 115 Å². The highest BCUT2D eigenvalue weighted by Gasteiger charge is 2.27. The van der Waals surface area contributed by atoms with Crippen molar-refractivity contribution < 1.29 is 9.90 Å². The standard InChI is InChI=1S/C16H23NO2/c1-12-4-3-5-13(10-12)11-17(2)16(19)14-6-8-15(18)9-7-14/h3-5,10,14-15,18H,6-9,11H2,1-2H3. The summed E-state index contributed by atoms with van der Waals surface area (Å²) >= 11 is 0. The van der Waals surface area contributed by atoms with E-state index in [1.807, 2.05) is 18.0 Å². The van der Waals surface area contributed by atoms with Crippen molar-refractivity contribution in [2.75, 3.05) is 7.05 Å². The Hall–Kier alpha value is -1.35. The van der Waals surface area contributed by atoms with Gasteiger partial charge >= 0.3 is 0 Å². The van der Waals surface area contributed by atoms with Gasteiger partial charge in [-0.15, -0.1) is 0 Å². The first kappa shape index (κ1) is 14.1. The average Bonchev–Trinajstić information content (AvgIpc) is 2.39. The van der Waals surface area contributed by atoms with Gasteiger partial charge in [-0.3, -0.25) is 4.79 Å². The molecule has 1 N–H and O–H groups in total. The summed E-state index contributed by atoms with van der Waals surface area (Å²) in [5.41, 5.74) is 2.39. The van der Waals surface area contributed by atoms with Crippen molar-refractivity contribution in [3.63, 3.8) is 0 Å². The van der Waals surface area contributed by atoms with Crippen LogP contribution in [0.4, 0.5) is 0 Å². The summed E-state index contributed by atoms with van der Waals surface area (Å²) in [6.45, 7) is 2.73. The number of aliphatic hydroxyl groups is 1. The van der Waals surface area contributed by atoms with Crippen LogP contribution in [0, 0.1) is 12.8 Å². The largest absolute Gasteiger partial charge is 0.393 e. The molecule has 0 unspecified atom stereocenters. The molecule has 0 saturated heterocycles. The van der Waals surface area contributed by atoms with E-state index >= 15 is 0 Å². The van der Waals surface area contributed by atoms with Crippen LogP contribution in [0.3, 0.4) is 0 Å². The smallest absolute Gasteiger partial charge is 0.225 e. The van der Waals surface area contributed by atoms with E-state index in [2.05, 4.69) is 25.1 Å². The number of aryl methyl sites for hydroxylation is 1. The summed E-state index contributed by atoms with van der Waals surface area (Å²) in [6.07, 6.45) is 2.95. The lowest BCUT2D eigenvalue weighted by molar-refractivity contribution is -0.136. The second-order valence-electron chi connectivity index (χ2n) is 5.69. The van der Waals surface area contributed by atoms with E-state index in [0.717, 1.165) is 25.7 Å². The van der Waals surface area contributed by atoms with Crippen LogP contribution in [-0.4, -0.2) is 29.1 Å². The normalized spacial score (nSPS) is 23.1. The van der Waals surface area contributed by atoms with Crippen LogP contribution in [0.1, 0.15) is 36.8 Å². The molecule has 1 aliphatic carbocycles. The first-order valence-corrected chi connectivity index (χ1v) is 7.05. The van der Waals surface area contributed by atoms with E-state index in [1.54, 1.807) is 0 Å². The topological polar surface area (TPSA) is 40.5 Å². The van der Waals surface area contributed by atoms with Crippen LogP contribution in [0.2, 0.25) is 0 Å². The molecule has 0 atom stereocenters. The third-order valence-electron chi connectivity index (χ3n) is 3.92. The number of nitrogens with zero attached hydrogens (tertiary/aromatic N) is 1. The van der Waals surface area contributed by atoms with Gasteiger partial charge in [0.1, 0.15) is 0 Å². The molecule has 3 heteroatoms. The summed E-state index contributed by atoms with van der Waals surface area (Å²) in [5.74, 6) is 0.312. The number of amides is 1. The first-order valence-electron chi connectivity index (χ1n) is 7.05. The van der Waals surface area contributed by atoms with Gasteiger partial charge in [0.25, 0.3) is 0 Å².